The van der Waals surface area contributed by atoms with Crippen molar-refractivity contribution in [3.05, 3.63) is 0 Å². The smallest absolute Gasteiger partial charge is 0.0633 e. The highest BCUT2D eigenvalue weighted by Gasteiger charge is 1.87. The maximum absolute atomic E-state index is 3.74. The molecule has 1 aliphatic heterocycles. The zero-order valence-corrected chi connectivity index (χ0v) is 4.52. The molecule has 5 heteroatoms. The summed E-state index contributed by atoms with van der Waals surface area (Å²) in [6.07, 6.45) is 1.03. The molecule has 8 heavy (non-hydrogen) atoms. The van der Waals surface area contributed by atoms with E-state index in [1.165, 1.54) is 0 Å². The van der Waals surface area contributed by atoms with Crippen molar-refractivity contribution in [3.8, 4) is 0 Å². The van der Waals surface area contributed by atoms with E-state index in [0.717, 1.165) is 19.5 Å². The lowest BCUT2D eigenvalue weighted by atomic mass is 10.4. The number of nitrogens with one attached hydrogen (secondary N) is 3. The summed E-state index contributed by atoms with van der Waals surface area (Å²) in [6.45, 7) is 1.72. The van der Waals surface area contributed by atoms with E-state index in [1.54, 1.807) is 0 Å². The first-order valence-corrected chi connectivity index (χ1v) is 2.59. The van der Waals surface area contributed by atoms with Gasteiger partial charge in [-0.2, -0.15) is 10.6 Å². The molecule has 3 N–H and O–H groups in total. The van der Waals surface area contributed by atoms with Gasteiger partial charge in [-0.15, -0.1) is 0 Å². The molecule has 0 fully saturated rings. The lowest BCUT2D eigenvalue weighted by molar-refractivity contribution is 0.407. The Labute approximate surface area is 47.5 Å². The predicted molar refractivity (Wildman–Crippen MR) is 28.6 cm³/mol. The van der Waals surface area contributed by atoms with Crippen LogP contribution in [0.4, 0.5) is 0 Å². The number of hydrazine groups is 2. The SMILES string of the molecule is C1CN=NNNNC1. The standard InChI is InChI=1S/C3H9N5/c1-2-4-6-8-7-5-3-1/h1-3H2,(H,6,7)(H2,4,5,8). The van der Waals surface area contributed by atoms with Crippen molar-refractivity contribution in [1.82, 2.24) is 16.5 Å². The molecule has 0 bridgehead atoms. The van der Waals surface area contributed by atoms with Gasteiger partial charge < -0.3 is 0 Å². The molecule has 46 valence electrons. The van der Waals surface area contributed by atoms with Crippen LogP contribution in [0.5, 0.6) is 0 Å². The molecule has 0 radical (unpaired) electrons. The Morgan fingerprint density at radius 2 is 2.38 bits per heavy atom. The summed E-state index contributed by atoms with van der Waals surface area (Å²) in [6, 6.07) is 0. The quantitative estimate of drug-likeness (QED) is 0.393. The summed E-state index contributed by atoms with van der Waals surface area (Å²) >= 11 is 0. The van der Waals surface area contributed by atoms with Gasteiger partial charge in [0.1, 0.15) is 0 Å². The van der Waals surface area contributed by atoms with Crippen molar-refractivity contribution < 1.29 is 0 Å². The molecule has 5 nitrogen and oxygen atoms in total. The molecule has 1 heterocycles. The molecule has 0 unspecified atom stereocenters. The highest BCUT2D eigenvalue weighted by molar-refractivity contribution is 4.44. The van der Waals surface area contributed by atoms with Crippen LogP contribution in [0.15, 0.2) is 10.3 Å². The van der Waals surface area contributed by atoms with Crippen molar-refractivity contribution >= 4 is 0 Å². The zero-order chi connectivity index (χ0) is 5.66. The van der Waals surface area contributed by atoms with Crippen LogP contribution in [0.25, 0.3) is 0 Å². The first-order valence-electron chi connectivity index (χ1n) is 2.59. The van der Waals surface area contributed by atoms with Gasteiger partial charge in [0, 0.05) is 6.54 Å². The molecule has 1 aliphatic rings. The van der Waals surface area contributed by atoms with Gasteiger partial charge in [-0.25, -0.2) is 11.0 Å². The van der Waals surface area contributed by atoms with Crippen LogP contribution in [0.2, 0.25) is 0 Å². The van der Waals surface area contributed by atoms with Gasteiger partial charge in [0.15, 0.2) is 0 Å². The fraction of sp³-hybridized carbons (Fsp3) is 1.00. The third-order valence-electron chi connectivity index (χ3n) is 0.825. The van der Waals surface area contributed by atoms with Crippen molar-refractivity contribution in [3.63, 3.8) is 0 Å². The minimum Gasteiger partial charge on any atom is -0.238 e. The largest absolute Gasteiger partial charge is 0.238 e. The normalized spacial score (nSPS) is 21.0. The fourth-order valence-electron chi connectivity index (χ4n) is 0.451. The van der Waals surface area contributed by atoms with Crippen LogP contribution in [0, 0.1) is 0 Å². The van der Waals surface area contributed by atoms with Gasteiger partial charge in [0.05, 0.1) is 6.54 Å². The molecule has 0 aliphatic carbocycles. The Morgan fingerprint density at radius 3 is 3.38 bits per heavy atom. The first kappa shape index (κ1) is 5.46. The van der Waals surface area contributed by atoms with Crippen molar-refractivity contribution in [2.45, 2.75) is 6.42 Å². The van der Waals surface area contributed by atoms with E-state index in [4.69, 9.17) is 0 Å². The lowest BCUT2D eigenvalue weighted by Gasteiger charge is -2.05. The van der Waals surface area contributed by atoms with Crippen molar-refractivity contribution in [1.29, 1.82) is 0 Å². The van der Waals surface area contributed by atoms with E-state index in [1.807, 2.05) is 0 Å². The average Bonchev–Trinajstić information content (AvgIpc) is 1.62. The number of rotatable bonds is 0. The second kappa shape index (κ2) is 3.34. The Morgan fingerprint density at radius 1 is 1.38 bits per heavy atom. The number of nitrogens with zero attached hydrogens (tertiary/aromatic N) is 2. The van der Waals surface area contributed by atoms with Crippen LogP contribution >= 0.6 is 0 Å². The second-order valence-electron chi connectivity index (χ2n) is 1.48. The minimum atomic E-state index is 0.793. The van der Waals surface area contributed by atoms with E-state index in [2.05, 4.69) is 26.8 Å². The number of hydrogen-bond acceptors (Lipinski definition) is 5. The summed E-state index contributed by atoms with van der Waals surface area (Å²) < 4.78 is 0. The molecule has 0 saturated carbocycles. The number of hydrogen-bond donors (Lipinski definition) is 3. The highest BCUT2D eigenvalue weighted by atomic mass is 15.7. The molecule has 0 aromatic carbocycles. The Bertz CT molecular complexity index is 69.7. The second-order valence-corrected chi connectivity index (χ2v) is 1.48. The molecule has 0 aromatic rings. The van der Waals surface area contributed by atoms with Crippen LogP contribution in [-0.2, 0) is 0 Å². The molecular formula is C3H9N5. The third kappa shape index (κ3) is 1.85. The minimum absolute atomic E-state index is 0.793. The molecular weight excluding hydrogens is 106 g/mol. The Balaban J connectivity index is 2.17. The lowest BCUT2D eigenvalue weighted by Crippen LogP contribution is -2.41. The molecule has 0 spiro atoms. The maximum atomic E-state index is 3.74. The summed E-state index contributed by atoms with van der Waals surface area (Å²) in [7, 11) is 0. The van der Waals surface area contributed by atoms with Gasteiger partial charge in [0.2, 0.25) is 0 Å². The van der Waals surface area contributed by atoms with Gasteiger partial charge in [-0.3, -0.25) is 0 Å². The molecule has 0 atom stereocenters. The summed E-state index contributed by atoms with van der Waals surface area (Å²) in [5.41, 5.74) is 7.98. The molecule has 1 rings (SSSR count). The summed E-state index contributed by atoms with van der Waals surface area (Å²) in [5, 5.41) is 7.27. The van der Waals surface area contributed by atoms with Crippen molar-refractivity contribution in [2.24, 2.45) is 10.3 Å². The van der Waals surface area contributed by atoms with Crippen LogP contribution in [-0.4, -0.2) is 13.1 Å². The van der Waals surface area contributed by atoms with Crippen LogP contribution < -0.4 is 16.5 Å². The Kier molecular flexibility index (Phi) is 2.28. The van der Waals surface area contributed by atoms with Crippen LogP contribution in [0.1, 0.15) is 6.42 Å². The topological polar surface area (TPSA) is 60.8 Å². The van der Waals surface area contributed by atoms with E-state index in [0.29, 0.717) is 0 Å². The van der Waals surface area contributed by atoms with Gasteiger partial charge >= 0.3 is 0 Å². The predicted octanol–water partition coefficient (Wildman–Crippen LogP) is -0.644. The first-order chi connectivity index (χ1) is 4.00. The average molecular weight is 115 g/mol. The highest BCUT2D eigenvalue weighted by Crippen LogP contribution is 1.79. The van der Waals surface area contributed by atoms with Crippen LogP contribution in [0.3, 0.4) is 0 Å². The van der Waals surface area contributed by atoms with E-state index < -0.39 is 0 Å². The fourth-order valence-corrected chi connectivity index (χ4v) is 0.451. The van der Waals surface area contributed by atoms with Crippen molar-refractivity contribution in [2.75, 3.05) is 13.1 Å². The van der Waals surface area contributed by atoms with Gasteiger partial charge in [0.25, 0.3) is 0 Å². The Hall–Kier alpha value is -0.680. The molecule has 0 aromatic heterocycles. The molecule has 0 saturated heterocycles. The summed E-state index contributed by atoms with van der Waals surface area (Å²) in [4.78, 5) is 0. The zero-order valence-electron chi connectivity index (χ0n) is 4.52. The molecule has 0 amide bonds. The van der Waals surface area contributed by atoms with Gasteiger partial charge in [-0.1, -0.05) is 5.22 Å². The summed E-state index contributed by atoms with van der Waals surface area (Å²) in [5.74, 6) is 0. The third-order valence-corrected chi connectivity index (χ3v) is 0.825. The monoisotopic (exact) mass is 115 g/mol. The van der Waals surface area contributed by atoms with E-state index in [9.17, 15) is 0 Å². The van der Waals surface area contributed by atoms with E-state index in [-0.39, 0.29) is 0 Å². The maximum Gasteiger partial charge on any atom is 0.0633 e. The van der Waals surface area contributed by atoms with E-state index >= 15 is 0 Å². The van der Waals surface area contributed by atoms with Gasteiger partial charge in [-0.05, 0) is 6.42 Å².